The van der Waals surface area contributed by atoms with Crippen LogP contribution in [0.1, 0.15) is 25.3 Å². The maximum absolute atomic E-state index is 6.33. The van der Waals surface area contributed by atoms with E-state index in [0.717, 1.165) is 38.0 Å². The molecule has 1 saturated heterocycles. The summed E-state index contributed by atoms with van der Waals surface area (Å²) >= 11 is 12.4. The second kappa shape index (κ2) is 7.80. The topological polar surface area (TPSA) is 30.5 Å². The molecule has 1 aliphatic heterocycles. The molecule has 1 aliphatic rings. The molecule has 0 aliphatic carbocycles. The van der Waals surface area contributed by atoms with Crippen LogP contribution in [0.15, 0.2) is 18.2 Å². The Morgan fingerprint density at radius 3 is 2.67 bits per heavy atom. The zero-order chi connectivity index (χ0) is 15.3. The lowest BCUT2D eigenvalue weighted by Crippen LogP contribution is -2.55. The van der Waals surface area contributed by atoms with Crippen LogP contribution >= 0.6 is 23.2 Å². The SMILES string of the molecule is CCOC1(C(Cc2cccc(Cl)c2Cl)NC)CCOCC1. The highest BCUT2D eigenvalue weighted by atomic mass is 35.5. The maximum atomic E-state index is 6.33. The molecule has 1 heterocycles. The summed E-state index contributed by atoms with van der Waals surface area (Å²) in [6, 6.07) is 5.96. The molecule has 21 heavy (non-hydrogen) atoms. The zero-order valence-electron chi connectivity index (χ0n) is 12.6. The maximum Gasteiger partial charge on any atom is 0.0881 e. The molecule has 5 heteroatoms. The summed E-state index contributed by atoms with van der Waals surface area (Å²) in [5.74, 6) is 0. The second-order valence-corrected chi connectivity index (χ2v) is 6.15. The van der Waals surface area contributed by atoms with Crippen LogP contribution in [0.5, 0.6) is 0 Å². The molecule has 1 aromatic carbocycles. The number of hydrogen-bond donors (Lipinski definition) is 1. The summed E-state index contributed by atoms with van der Waals surface area (Å²) in [5, 5.41) is 4.65. The fraction of sp³-hybridized carbons (Fsp3) is 0.625. The van der Waals surface area contributed by atoms with Gasteiger partial charge in [-0.15, -0.1) is 0 Å². The van der Waals surface area contributed by atoms with Gasteiger partial charge in [-0.2, -0.15) is 0 Å². The number of hydrogen-bond acceptors (Lipinski definition) is 3. The van der Waals surface area contributed by atoms with Gasteiger partial charge in [0.25, 0.3) is 0 Å². The lowest BCUT2D eigenvalue weighted by atomic mass is 9.82. The summed E-state index contributed by atoms with van der Waals surface area (Å²) in [4.78, 5) is 0. The van der Waals surface area contributed by atoms with Crippen LogP contribution in [-0.4, -0.2) is 38.5 Å². The van der Waals surface area contributed by atoms with Crippen molar-refractivity contribution in [1.82, 2.24) is 5.32 Å². The van der Waals surface area contributed by atoms with Gasteiger partial charge in [-0.3, -0.25) is 0 Å². The fourth-order valence-corrected chi connectivity index (χ4v) is 3.47. The first-order valence-electron chi connectivity index (χ1n) is 7.45. The van der Waals surface area contributed by atoms with E-state index in [2.05, 4.69) is 5.32 Å². The number of benzene rings is 1. The van der Waals surface area contributed by atoms with Crippen LogP contribution in [0.3, 0.4) is 0 Å². The quantitative estimate of drug-likeness (QED) is 0.861. The Morgan fingerprint density at radius 1 is 1.33 bits per heavy atom. The van der Waals surface area contributed by atoms with Crippen molar-refractivity contribution in [2.45, 2.75) is 37.8 Å². The van der Waals surface area contributed by atoms with Crippen molar-refractivity contribution in [2.75, 3.05) is 26.9 Å². The highest BCUT2D eigenvalue weighted by molar-refractivity contribution is 6.42. The molecule has 118 valence electrons. The number of rotatable bonds is 6. The van der Waals surface area contributed by atoms with Crippen LogP contribution < -0.4 is 5.32 Å². The van der Waals surface area contributed by atoms with E-state index < -0.39 is 0 Å². The predicted octanol–water partition coefficient (Wildman–Crippen LogP) is 3.71. The van der Waals surface area contributed by atoms with Crippen LogP contribution in [0.2, 0.25) is 10.0 Å². The summed E-state index contributed by atoms with van der Waals surface area (Å²) in [7, 11) is 1.97. The average Bonchev–Trinajstić information content (AvgIpc) is 2.50. The van der Waals surface area contributed by atoms with Gasteiger partial charge in [0.05, 0.1) is 15.6 Å². The molecule has 0 radical (unpaired) electrons. The Morgan fingerprint density at radius 2 is 2.05 bits per heavy atom. The third-order valence-electron chi connectivity index (χ3n) is 4.21. The number of halogens is 2. The van der Waals surface area contributed by atoms with Crippen molar-refractivity contribution in [3.05, 3.63) is 33.8 Å². The lowest BCUT2D eigenvalue weighted by molar-refractivity contribution is -0.125. The van der Waals surface area contributed by atoms with Gasteiger partial charge in [-0.25, -0.2) is 0 Å². The van der Waals surface area contributed by atoms with E-state index in [1.54, 1.807) is 0 Å². The van der Waals surface area contributed by atoms with Gasteiger partial charge >= 0.3 is 0 Å². The molecule has 0 amide bonds. The molecule has 1 aromatic rings. The fourth-order valence-electron chi connectivity index (χ4n) is 3.07. The Kier molecular flexibility index (Phi) is 6.33. The minimum Gasteiger partial charge on any atom is -0.381 e. The molecule has 0 bridgehead atoms. The Labute approximate surface area is 136 Å². The molecular weight excluding hydrogens is 309 g/mol. The van der Waals surface area contributed by atoms with Gasteiger partial charge in [0, 0.05) is 38.7 Å². The molecule has 0 saturated carbocycles. The first-order valence-corrected chi connectivity index (χ1v) is 8.20. The smallest absolute Gasteiger partial charge is 0.0881 e. The van der Waals surface area contributed by atoms with Gasteiger partial charge < -0.3 is 14.8 Å². The second-order valence-electron chi connectivity index (χ2n) is 5.37. The van der Waals surface area contributed by atoms with E-state index in [1.165, 1.54) is 0 Å². The molecular formula is C16H23Cl2NO2. The highest BCUT2D eigenvalue weighted by Crippen LogP contribution is 2.33. The normalized spacial score (nSPS) is 19.4. The first kappa shape index (κ1) is 17.0. The standard InChI is InChI=1S/C16H23Cl2NO2/c1-3-21-16(7-9-20-10-8-16)14(19-2)11-12-5-4-6-13(17)15(12)18/h4-6,14,19H,3,7-11H2,1-2H3. The molecule has 0 spiro atoms. The van der Waals surface area contributed by atoms with E-state index in [-0.39, 0.29) is 11.6 Å². The van der Waals surface area contributed by atoms with Gasteiger partial charge in [0.1, 0.15) is 0 Å². The van der Waals surface area contributed by atoms with Crippen LogP contribution in [0.4, 0.5) is 0 Å². The number of nitrogens with one attached hydrogen (secondary N) is 1. The zero-order valence-corrected chi connectivity index (χ0v) is 14.1. The van der Waals surface area contributed by atoms with E-state index >= 15 is 0 Å². The monoisotopic (exact) mass is 331 g/mol. The van der Waals surface area contributed by atoms with E-state index in [0.29, 0.717) is 16.7 Å². The highest BCUT2D eigenvalue weighted by Gasteiger charge is 2.40. The van der Waals surface area contributed by atoms with Gasteiger partial charge in [-0.1, -0.05) is 35.3 Å². The van der Waals surface area contributed by atoms with Crippen LogP contribution in [0, 0.1) is 0 Å². The third kappa shape index (κ3) is 3.91. The largest absolute Gasteiger partial charge is 0.381 e. The Hall–Kier alpha value is -0.320. The van der Waals surface area contributed by atoms with Crippen molar-refractivity contribution in [2.24, 2.45) is 0 Å². The molecule has 1 fully saturated rings. The van der Waals surface area contributed by atoms with Crippen molar-refractivity contribution >= 4 is 23.2 Å². The Balaban J connectivity index is 2.22. The van der Waals surface area contributed by atoms with Crippen molar-refractivity contribution in [3.63, 3.8) is 0 Å². The molecule has 0 aromatic heterocycles. The third-order valence-corrected chi connectivity index (χ3v) is 5.07. The van der Waals surface area contributed by atoms with Crippen LogP contribution in [0.25, 0.3) is 0 Å². The van der Waals surface area contributed by atoms with Gasteiger partial charge in [-0.05, 0) is 32.0 Å². The van der Waals surface area contributed by atoms with E-state index in [9.17, 15) is 0 Å². The number of likely N-dealkylation sites (N-methyl/N-ethyl adjacent to an activating group) is 1. The van der Waals surface area contributed by atoms with Crippen molar-refractivity contribution in [1.29, 1.82) is 0 Å². The molecule has 3 nitrogen and oxygen atoms in total. The minimum absolute atomic E-state index is 0.178. The van der Waals surface area contributed by atoms with Crippen molar-refractivity contribution in [3.8, 4) is 0 Å². The van der Waals surface area contributed by atoms with Gasteiger partial charge in [0.2, 0.25) is 0 Å². The minimum atomic E-state index is -0.201. The summed E-state index contributed by atoms with van der Waals surface area (Å²) in [6.45, 7) is 4.21. The molecule has 1 atom stereocenters. The lowest BCUT2D eigenvalue weighted by Gasteiger charge is -2.43. The summed E-state index contributed by atoms with van der Waals surface area (Å²) in [6.07, 6.45) is 2.57. The summed E-state index contributed by atoms with van der Waals surface area (Å²) < 4.78 is 11.7. The molecule has 1 unspecified atom stereocenters. The summed E-state index contributed by atoms with van der Waals surface area (Å²) in [5.41, 5.74) is 0.849. The van der Waals surface area contributed by atoms with Crippen LogP contribution in [-0.2, 0) is 15.9 Å². The van der Waals surface area contributed by atoms with Gasteiger partial charge in [0.15, 0.2) is 0 Å². The molecule has 1 N–H and O–H groups in total. The average molecular weight is 332 g/mol. The van der Waals surface area contributed by atoms with E-state index in [1.807, 2.05) is 32.2 Å². The first-order chi connectivity index (χ1) is 10.1. The number of ether oxygens (including phenoxy) is 2. The molecule has 2 rings (SSSR count). The van der Waals surface area contributed by atoms with Crippen molar-refractivity contribution < 1.29 is 9.47 Å². The predicted molar refractivity (Wildman–Crippen MR) is 87.4 cm³/mol. The van der Waals surface area contributed by atoms with E-state index in [4.69, 9.17) is 32.7 Å². The Bertz CT molecular complexity index is 456.